The van der Waals surface area contributed by atoms with Crippen LogP contribution in [-0.2, 0) is 17.6 Å². The lowest BCUT2D eigenvalue weighted by molar-refractivity contribution is -0.231. The average molecular weight is 430 g/mol. The van der Waals surface area contributed by atoms with Crippen LogP contribution in [0.25, 0.3) is 0 Å². The highest BCUT2D eigenvalue weighted by Gasteiger charge is 2.44. The van der Waals surface area contributed by atoms with E-state index in [1.165, 1.54) is 5.56 Å². The van der Waals surface area contributed by atoms with Crippen LogP contribution in [0.3, 0.4) is 0 Å². The van der Waals surface area contributed by atoms with Crippen molar-refractivity contribution >= 4 is 0 Å². The number of aryl methyl sites for hydroxylation is 1. The molecule has 2 aliphatic heterocycles. The van der Waals surface area contributed by atoms with E-state index in [9.17, 15) is 20.4 Å². The molecule has 2 aromatic rings. The second-order valence-electron chi connectivity index (χ2n) is 8.12. The molecule has 7 heteroatoms. The smallest absolute Gasteiger partial charge is 0.122 e. The molecule has 31 heavy (non-hydrogen) atoms. The van der Waals surface area contributed by atoms with E-state index in [4.69, 9.17) is 14.2 Å². The fraction of sp³-hybridized carbons (Fsp3) is 0.500. The fourth-order valence-corrected chi connectivity index (χ4v) is 4.33. The number of benzene rings is 2. The standard InChI is InChI=1S/C24H30O7/c1-2-29-19-8-6-16(24-23(28)22(27)21(26)20(13-25)31-24)12-17(19)11-14-5-7-18-15(10-14)4-3-9-30-18/h5-8,10,12,20-28H,2-4,9,11,13H2,1H3/t20-,21-,22+,23-,24+/m1/s1. The fourth-order valence-electron chi connectivity index (χ4n) is 4.33. The third-order valence-corrected chi connectivity index (χ3v) is 5.97. The Kier molecular flexibility index (Phi) is 6.79. The number of ether oxygens (including phenoxy) is 3. The van der Waals surface area contributed by atoms with Crippen LogP contribution in [0.1, 0.15) is 41.7 Å². The van der Waals surface area contributed by atoms with Crippen molar-refractivity contribution in [2.45, 2.75) is 56.7 Å². The molecule has 1 fully saturated rings. The number of aliphatic hydroxyl groups excluding tert-OH is 4. The van der Waals surface area contributed by atoms with Crippen LogP contribution in [0.4, 0.5) is 0 Å². The zero-order chi connectivity index (χ0) is 22.0. The van der Waals surface area contributed by atoms with Crippen molar-refractivity contribution in [3.63, 3.8) is 0 Å². The van der Waals surface area contributed by atoms with Crippen molar-refractivity contribution in [3.05, 3.63) is 58.7 Å². The van der Waals surface area contributed by atoms with Crippen LogP contribution >= 0.6 is 0 Å². The quantitative estimate of drug-likeness (QED) is 0.550. The van der Waals surface area contributed by atoms with E-state index in [1.54, 1.807) is 6.07 Å². The van der Waals surface area contributed by atoms with Gasteiger partial charge in [0.05, 0.1) is 19.8 Å². The van der Waals surface area contributed by atoms with E-state index in [-0.39, 0.29) is 0 Å². The van der Waals surface area contributed by atoms with Gasteiger partial charge in [-0.3, -0.25) is 0 Å². The van der Waals surface area contributed by atoms with Gasteiger partial charge in [-0.05, 0) is 60.2 Å². The lowest BCUT2D eigenvalue weighted by Gasteiger charge is -2.40. The first-order valence-electron chi connectivity index (χ1n) is 10.8. The van der Waals surface area contributed by atoms with Crippen molar-refractivity contribution < 1.29 is 34.6 Å². The summed E-state index contributed by atoms with van der Waals surface area (Å²) in [6.07, 6.45) is -3.30. The predicted octanol–water partition coefficient (Wildman–Crippen LogP) is 1.52. The van der Waals surface area contributed by atoms with Crippen LogP contribution in [0, 0.1) is 0 Å². The number of hydrogen-bond acceptors (Lipinski definition) is 7. The summed E-state index contributed by atoms with van der Waals surface area (Å²) in [4.78, 5) is 0. The third-order valence-electron chi connectivity index (χ3n) is 5.97. The van der Waals surface area contributed by atoms with Crippen molar-refractivity contribution in [1.29, 1.82) is 0 Å². The number of hydrogen-bond donors (Lipinski definition) is 4. The molecule has 2 aromatic carbocycles. The van der Waals surface area contributed by atoms with Gasteiger partial charge < -0.3 is 34.6 Å². The van der Waals surface area contributed by atoms with E-state index in [1.807, 2.05) is 31.2 Å². The molecule has 0 spiro atoms. The second-order valence-corrected chi connectivity index (χ2v) is 8.12. The van der Waals surface area contributed by atoms with Crippen molar-refractivity contribution in [3.8, 4) is 11.5 Å². The molecule has 2 aliphatic rings. The summed E-state index contributed by atoms with van der Waals surface area (Å²) < 4.78 is 17.2. The van der Waals surface area contributed by atoms with E-state index >= 15 is 0 Å². The first kappa shape index (κ1) is 22.0. The van der Waals surface area contributed by atoms with Crippen molar-refractivity contribution in [2.24, 2.45) is 0 Å². The Labute approximate surface area is 181 Å². The average Bonchev–Trinajstić information content (AvgIpc) is 2.79. The number of fused-ring (bicyclic) bond motifs is 1. The molecular formula is C24H30O7. The normalized spacial score (nSPS) is 28.0. The zero-order valence-electron chi connectivity index (χ0n) is 17.6. The van der Waals surface area contributed by atoms with E-state index < -0.39 is 37.1 Å². The van der Waals surface area contributed by atoms with Gasteiger partial charge >= 0.3 is 0 Å². The van der Waals surface area contributed by atoms with Crippen LogP contribution in [-0.4, -0.2) is 64.7 Å². The number of rotatable bonds is 6. The molecule has 4 rings (SSSR count). The Morgan fingerprint density at radius 1 is 1.03 bits per heavy atom. The molecule has 0 radical (unpaired) electrons. The lowest BCUT2D eigenvalue weighted by Crippen LogP contribution is -2.55. The molecule has 1 saturated heterocycles. The molecule has 0 saturated carbocycles. The Morgan fingerprint density at radius 2 is 1.87 bits per heavy atom. The Hall–Kier alpha value is -2.16. The Bertz CT molecular complexity index is 897. The molecular weight excluding hydrogens is 400 g/mol. The van der Waals surface area contributed by atoms with Gasteiger partial charge in [-0.25, -0.2) is 0 Å². The van der Waals surface area contributed by atoms with Gasteiger partial charge in [0.15, 0.2) is 0 Å². The molecule has 0 unspecified atom stereocenters. The van der Waals surface area contributed by atoms with Gasteiger partial charge in [0.1, 0.15) is 42.0 Å². The molecule has 0 bridgehead atoms. The Balaban J connectivity index is 1.63. The maximum absolute atomic E-state index is 10.5. The highest BCUT2D eigenvalue weighted by Crippen LogP contribution is 2.35. The minimum absolute atomic E-state index is 0.456. The van der Waals surface area contributed by atoms with E-state index in [0.717, 1.165) is 42.1 Å². The monoisotopic (exact) mass is 430 g/mol. The van der Waals surface area contributed by atoms with Gasteiger partial charge in [-0.1, -0.05) is 18.2 Å². The van der Waals surface area contributed by atoms with Gasteiger partial charge in [-0.15, -0.1) is 0 Å². The summed E-state index contributed by atoms with van der Waals surface area (Å²) in [6.45, 7) is 2.74. The SMILES string of the molecule is CCOc1ccc([C@@H]2O[C@H](CO)[C@@H](O)[C@H](O)[C@H]2O)cc1Cc1ccc2c(c1)CCCO2. The molecule has 0 aromatic heterocycles. The molecule has 5 atom stereocenters. The second kappa shape index (κ2) is 9.54. The molecule has 7 nitrogen and oxygen atoms in total. The molecule has 0 aliphatic carbocycles. The molecule has 168 valence electrons. The summed E-state index contributed by atoms with van der Waals surface area (Å²) in [6, 6.07) is 11.7. The number of aliphatic hydroxyl groups is 4. The zero-order valence-corrected chi connectivity index (χ0v) is 17.6. The highest BCUT2D eigenvalue weighted by atomic mass is 16.5. The molecule has 4 N–H and O–H groups in total. The molecule has 2 heterocycles. The summed E-state index contributed by atoms with van der Waals surface area (Å²) >= 11 is 0. The summed E-state index contributed by atoms with van der Waals surface area (Å²) in [5, 5.41) is 40.2. The molecule has 0 amide bonds. The van der Waals surface area contributed by atoms with Crippen LogP contribution < -0.4 is 9.47 Å². The van der Waals surface area contributed by atoms with E-state index in [2.05, 4.69) is 6.07 Å². The van der Waals surface area contributed by atoms with Gasteiger partial charge in [0, 0.05) is 6.42 Å². The van der Waals surface area contributed by atoms with Gasteiger partial charge in [0.25, 0.3) is 0 Å². The van der Waals surface area contributed by atoms with Gasteiger partial charge in [-0.2, -0.15) is 0 Å². The summed E-state index contributed by atoms with van der Waals surface area (Å²) in [5.74, 6) is 1.68. The first-order chi connectivity index (χ1) is 15.0. The summed E-state index contributed by atoms with van der Waals surface area (Å²) in [5.41, 5.74) is 3.90. The van der Waals surface area contributed by atoms with Crippen LogP contribution in [0.15, 0.2) is 36.4 Å². The van der Waals surface area contributed by atoms with E-state index in [0.29, 0.717) is 18.6 Å². The lowest BCUT2D eigenvalue weighted by atomic mass is 9.89. The van der Waals surface area contributed by atoms with Crippen molar-refractivity contribution in [1.82, 2.24) is 0 Å². The predicted molar refractivity (Wildman–Crippen MR) is 113 cm³/mol. The largest absolute Gasteiger partial charge is 0.494 e. The minimum atomic E-state index is -1.41. The summed E-state index contributed by atoms with van der Waals surface area (Å²) in [7, 11) is 0. The Morgan fingerprint density at radius 3 is 2.65 bits per heavy atom. The highest BCUT2D eigenvalue weighted by molar-refractivity contribution is 5.45. The van der Waals surface area contributed by atoms with Gasteiger partial charge in [0.2, 0.25) is 0 Å². The first-order valence-corrected chi connectivity index (χ1v) is 10.8. The van der Waals surface area contributed by atoms with Crippen molar-refractivity contribution in [2.75, 3.05) is 19.8 Å². The van der Waals surface area contributed by atoms with Crippen LogP contribution in [0.2, 0.25) is 0 Å². The maximum Gasteiger partial charge on any atom is 0.122 e. The topological polar surface area (TPSA) is 109 Å². The third kappa shape index (κ3) is 4.56. The van der Waals surface area contributed by atoms with Crippen LogP contribution in [0.5, 0.6) is 11.5 Å². The maximum atomic E-state index is 10.5. The minimum Gasteiger partial charge on any atom is -0.494 e.